The monoisotopic (exact) mass is 364 g/mol. The summed E-state index contributed by atoms with van der Waals surface area (Å²) in [6.07, 6.45) is 2.18. The summed E-state index contributed by atoms with van der Waals surface area (Å²) in [4.78, 5) is 12.6. The molecule has 0 saturated carbocycles. The third kappa shape index (κ3) is 5.67. The Bertz CT molecular complexity index is 850. The van der Waals surface area contributed by atoms with Gasteiger partial charge >= 0.3 is 0 Å². The van der Waals surface area contributed by atoms with Gasteiger partial charge in [0.1, 0.15) is 12.4 Å². The first-order chi connectivity index (χ1) is 11.8. The van der Waals surface area contributed by atoms with Gasteiger partial charge in [-0.3, -0.25) is 9.35 Å². The van der Waals surface area contributed by atoms with E-state index in [1.807, 2.05) is 42.5 Å². The molecule has 0 radical (unpaired) electrons. The Labute approximate surface area is 146 Å². The molecule has 0 amide bonds. The highest BCUT2D eigenvalue weighted by Crippen LogP contribution is 2.29. The van der Waals surface area contributed by atoms with Gasteiger partial charge in [-0.2, -0.15) is 8.42 Å². The van der Waals surface area contributed by atoms with E-state index in [1.54, 1.807) is 0 Å². The molecule has 0 saturated heterocycles. The number of hydrogen-bond acceptors (Lipinski definition) is 5. The quantitative estimate of drug-likeness (QED) is 0.810. The minimum atomic E-state index is -3.67. The molecule has 0 fully saturated rings. The fraction of sp³-hybridized carbons (Fsp3) is 0.278. The van der Waals surface area contributed by atoms with Crippen LogP contribution in [-0.4, -0.2) is 36.7 Å². The molecule has 0 atom stereocenters. The van der Waals surface area contributed by atoms with E-state index in [-0.39, 0.29) is 12.4 Å². The van der Waals surface area contributed by atoms with E-state index in [0.29, 0.717) is 36.2 Å². The Morgan fingerprint density at radius 3 is 2.48 bits per heavy atom. The number of carbonyl (C=O) groups is 1. The lowest BCUT2D eigenvalue weighted by Gasteiger charge is -2.08. The van der Waals surface area contributed by atoms with Crippen LogP contribution < -0.4 is 4.74 Å². The maximum atomic E-state index is 12.6. The molecule has 2 aromatic carbocycles. The van der Waals surface area contributed by atoms with Gasteiger partial charge in [-0.25, -0.2) is 0 Å². The molecule has 1 aliphatic rings. The molecular formula is C18H20O6S. The molecular weight excluding hydrogens is 344 g/mol. The molecule has 0 aromatic heterocycles. The average Bonchev–Trinajstić information content (AvgIpc) is 2.69. The third-order valence-corrected chi connectivity index (χ3v) is 3.56. The second-order valence-electron chi connectivity index (χ2n) is 5.67. The zero-order chi connectivity index (χ0) is 18.4. The second kappa shape index (κ2) is 8.24. The molecule has 2 N–H and O–H groups in total. The largest absolute Gasteiger partial charge is 0.488 e. The summed E-state index contributed by atoms with van der Waals surface area (Å²) < 4.78 is 31.6. The number of carbonyl (C=O) groups excluding carboxylic acids is 1. The SMILES string of the molecule is CS(=O)(=O)O.O=C1c2ccccc2COc2ccc(CCCO)cc21. The molecule has 0 unspecified atom stereocenters. The average molecular weight is 364 g/mol. The van der Waals surface area contributed by atoms with Crippen LogP contribution in [0.4, 0.5) is 0 Å². The summed E-state index contributed by atoms with van der Waals surface area (Å²) in [5.41, 5.74) is 3.30. The van der Waals surface area contributed by atoms with E-state index in [0.717, 1.165) is 17.5 Å². The van der Waals surface area contributed by atoms with Crippen molar-refractivity contribution in [2.24, 2.45) is 0 Å². The number of rotatable bonds is 3. The topological polar surface area (TPSA) is 101 Å². The maximum Gasteiger partial charge on any atom is 0.261 e. The number of benzene rings is 2. The lowest BCUT2D eigenvalue weighted by molar-refractivity contribution is 0.103. The van der Waals surface area contributed by atoms with E-state index < -0.39 is 10.1 Å². The molecule has 0 bridgehead atoms. The summed E-state index contributed by atoms with van der Waals surface area (Å²) >= 11 is 0. The lowest BCUT2D eigenvalue weighted by atomic mass is 9.97. The first kappa shape index (κ1) is 19.1. The van der Waals surface area contributed by atoms with Crippen LogP contribution >= 0.6 is 0 Å². The van der Waals surface area contributed by atoms with Gasteiger partial charge in [0.25, 0.3) is 10.1 Å². The standard InChI is InChI=1S/C17H16O3.CH4O3S/c18-9-3-4-12-7-8-16-15(10-12)17(19)14-6-2-1-5-13(14)11-20-16;1-5(2,3)4/h1-2,5-8,10,18H,3-4,9,11H2;1H3,(H,2,3,4). The van der Waals surface area contributed by atoms with Crippen molar-refractivity contribution in [3.63, 3.8) is 0 Å². The van der Waals surface area contributed by atoms with Gasteiger partial charge in [-0.15, -0.1) is 0 Å². The molecule has 3 rings (SSSR count). The predicted molar refractivity (Wildman–Crippen MR) is 93.5 cm³/mol. The fourth-order valence-electron chi connectivity index (χ4n) is 2.49. The number of aryl methyl sites for hydroxylation is 1. The Morgan fingerprint density at radius 2 is 1.80 bits per heavy atom. The highest BCUT2D eigenvalue weighted by Gasteiger charge is 2.22. The maximum absolute atomic E-state index is 12.6. The molecule has 1 heterocycles. The smallest absolute Gasteiger partial charge is 0.261 e. The van der Waals surface area contributed by atoms with E-state index in [9.17, 15) is 13.2 Å². The molecule has 134 valence electrons. The minimum absolute atomic E-state index is 0.0129. The van der Waals surface area contributed by atoms with E-state index in [2.05, 4.69) is 0 Å². The number of hydrogen-bond donors (Lipinski definition) is 2. The highest BCUT2D eigenvalue weighted by atomic mass is 32.2. The zero-order valence-corrected chi connectivity index (χ0v) is 14.6. The lowest BCUT2D eigenvalue weighted by Crippen LogP contribution is -2.03. The summed E-state index contributed by atoms with van der Waals surface area (Å²) in [7, 11) is -3.67. The second-order valence-corrected chi connectivity index (χ2v) is 7.13. The van der Waals surface area contributed by atoms with Gasteiger partial charge < -0.3 is 9.84 Å². The van der Waals surface area contributed by atoms with Crippen LogP contribution in [0.15, 0.2) is 42.5 Å². The van der Waals surface area contributed by atoms with Crippen molar-refractivity contribution in [3.8, 4) is 5.75 Å². The van der Waals surface area contributed by atoms with Gasteiger partial charge in [0.2, 0.25) is 0 Å². The molecule has 7 heteroatoms. The fourth-order valence-corrected chi connectivity index (χ4v) is 2.49. The van der Waals surface area contributed by atoms with Gasteiger partial charge in [-0.1, -0.05) is 30.3 Å². The molecule has 0 spiro atoms. The third-order valence-electron chi connectivity index (χ3n) is 3.56. The minimum Gasteiger partial charge on any atom is -0.488 e. The predicted octanol–water partition coefficient (Wildman–Crippen LogP) is 2.24. The Hall–Kier alpha value is -2.22. The van der Waals surface area contributed by atoms with E-state index >= 15 is 0 Å². The first-order valence-electron chi connectivity index (χ1n) is 7.71. The Balaban J connectivity index is 0.000000399. The molecule has 6 nitrogen and oxygen atoms in total. The normalized spacial score (nSPS) is 12.8. The van der Waals surface area contributed by atoms with Crippen molar-refractivity contribution in [1.29, 1.82) is 0 Å². The molecule has 2 aromatic rings. The van der Waals surface area contributed by atoms with Gasteiger partial charge in [0.05, 0.1) is 11.8 Å². The van der Waals surface area contributed by atoms with Crippen molar-refractivity contribution < 1.29 is 27.6 Å². The van der Waals surface area contributed by atoms with Crippen LogP contribution in [0.3, 0.4) is 0 Å². The van der Waals surface area contributed by atoms with Gasteiger partial charge in [0, 0.05) is 17.7 Å². The highest BCUT2D eigenvalue weighted by molar-refractivity contribution is 7.85. The summed E-state index contributed by atoms with van der Waals surface area (Å²) in [6.45, 7) is 0.579. The number of aliphatic hydroxyl groups is 1. The Kier molecular flexibility index (Phi) is 6.30. The number of fused-ring (bicyclic) bond motifs is 2. The summed E-state index contributed by atoms with van der Waals surface area (Å²) in [6, 6.07) is 13.2. The molecule has 1 aliphatic heterocycles. The van der Waals surface area contributed by atoms with Gasteiger partial charge in [0.15, 0.2) is 5.78 Å². The van der Waals surface area contributed by atoms with Gasteiger partial charge in [-0.05, 0) is 30.5 Å². The van der Waals surface area contributed by atoms with Crippen molar-refractivity contribution in [3.05, 3.63) is 64.7 Å². The van der Waals surface area contributed by atoms with E-state index in [1.165, 1.54) is 0 Å². The van der Waals surface area contributed by atoms with Crippen LogP contribution in [0, 0.1) is 0 Å². The molecule has 25 heavy (non-hydrogen) atoms. The summed E-state index contributed by atoms with van der Waals surface area (Å²) in [5.74, 6) is 0.651. The van der Waals surface area contributed by atoms with E-state index in [4.69, 9.17) is 14.4 Å². The first-order valence-corrected chi connectivity index (χ1v) is 9.56. The van der Waals surface area contributed by atoms with Crippen LogP contribution in [0.1, 0.15) is 33.5 Å². The van der Waals surface area contributed by atoms with Crippen LogP contribution in [0.5, 0.6) is 5.75 Å². The van der Waals surface area contributed by atoms with Crippen molar-refractivity contribution in [2.75, 3.05) is 12.9 Å². The van der Waals surface area contributed by atoms with Crippen molar-refractivity contribution >= 4 is 15.9 Å². The molecule has 0 aliphatic carbocycles. The number of aliphatic hydroxyl groups excluding tert-OH is 1. The van der Waals surface area contributed by atoms with Crippen molar-refractivity contribution in [1.82, 2.24) is 0 Å². The van der Waals surface area contributed by atoms with Crippen LogP contribution in [-0.2, 0) is 23.1 Å². The van der Waals surface area contributed by atoms with Crippen LogP contribution in [0.2, 0.25) is 0 Å². The number of ketones is 1. The Morgan fingerprint density at radius 1 is 1.12 bits per heavy atom. The number of ether oxygens (including phenoxy) is 1. The van der Waals surface area contributed by atoms with Crippen molar-refractivity contribution in [2.45, 2.75) is 19.4 Å². The van der Waals surface area contributed by atoms with Crippen LogP contribution in [0.25, 0.3) is 0 Å². The zero-order valence-electron chi connectivity index (χ0n) is 13.8. The summed E-state index contributed by atoms with van der Waals surface area (Å²) in [5, 5.41) is 8.90.